The molecule has 12 rings (SSSR count). The molecule has 18 heteroatoms. The Kier molecular flexibility index (Phi) is 15.6. The number of aromatic hydroxyl groups is 1. The molecule has 8 heterocycles. The highest BCUT2D eigenvalue weighted by molar-refractivity contribution is 7.13. The molecular weight excluding hydrogens is 1010 g/mol. The number of rotatable bonds is 15. The molecule has 4 aromatic heterocycles. The molecule has 2 amide bonds. The number of anilines is 1. The number of piperazine rings is 1. The topological polar surface area (TPSA) is 184 Å². The quantitative estimate of drug-likeness (QED) is 0.0881. The summed E-state index contributed by atoms with van der Waals surface area (Å²) in [5, 5.41) is 23.9. The number of aromatic nitrogens is 5. The van der Waals surface area contributed by atoms with Crippen molar-refractivity contribution in [3.8, 4) is 39.3 Å². The molecule has 4 aliphatic heterocycles. The van der Waals surface area contributed by atoms with Crippen molar-refractivity contribution in [2.75, 3.05) is 50.8 Å². The fourth-order valence-corrected chi connectivity index (χ4v) is 13.3. The molecule has 410 valence electrons. The molecule has 5 aliphatic rings. The molecule has 2 bridgehead atoms. The summed E-state index contributed by atoms with van der Waals surface area (Å²) >= 11 is 1.61. The minimum absolute atomic E-state index is 0.000579. The Bertz CT molecular complexity index is 3270. The maximum Gasteiger partial charge on any atom is 0.319 e. The molecule has 78 heavy (non-hydrogen) atoms. The zero-order valence-corrected chi connectivity index (χ0v) is 46.2. The molecule has 5 fully saturated rings. The maximum atomic E-state index is 17.1. The Hall–Kier alpha value is -6.76. The summed E-state index contributed by atoms with van der Waals surface area (Å²) in [6, 6.07) is 19.1. The van der Waals surface area contributed by atoms with E-state index in [-0.39, 0.29) is 58.8 Å². The van der Waals surface area contributed by atoms with Crippen LogP contribution < -0.4 is 25.0 Å². The standard InChI is InChI=1S/C57H63FN10O6S.C3H8/c1-4-35-7-5-8-38-23-41(69)24-44(49(35)38)51-50(58)52-45(29-59-51)54(67-30-39-14-15-40(31-67)62-39)64-56(63-52)72-22-21-66-19-16-57(17-20-66)27-43(28-57)73-47-25-42(74-65-47)26-48(70)68-18-6-9-46(68)55(71)61-33(2)36-10-12-37(13-11-36)53-34(3)60-32-75-53;1-3-2/h5,7-8,10-13,23-25,29,32-33,39-40,43,46,62,69H,4,6,9,14-22,26-28,30-31H2,1-3H3,(H,61,71);3H2,1-2H3. The third-order valence-corrected chi connectivity index (χ3v) is 17.5. The number of likely N-dealkylation sites (tertiary alicyclic amines) is 2. The van der Waals surface area contributed by atoms with E-state index in [9.17, 15) is 14.7 Å². The Morgan fingerprint density at radius 2 is 1.76 bits per heavy atom. The van der Waals surface area contributed by atoms with E-state index in [2.05, 4.69) is 63.5 Å². The molecule has 3 N–H and O–H groups in total. The molecule has 3 aromatic carbocycles. The van der Waals surface area contributed by atoms with E-state index < -0.39 is 11.9 Å². The van der Waals surface area contributed by atoms with Gasteiger partial charge in [-0.3, -0.25) is 19.5 Å². The lowest BCUT2D eigenvalue weighted by Gasteiger charge is -2.51. The highest BCUT2D eigenvalue weighted by Gasteiger charge is 2.47. The number of halogens is 1. The second-order valence-corrected chi connectivity index (χ2v) is 23.0. The van der Waals surface area contributed by atoms with Crippen molar-refractivity contribution >= 4 is 50.6 Å². The molecule has 1 saturated carbocycles. The zero-order chi connectivity index (χ0) is 54.1. The summed E-state index contributed by atoms with van der Waals surface area (Å²) in [4.78, 5) is 53.2. The van der Waals surface area contributed by atoms with Crippen LogP contribution in [0.1, 0.15) is 114 Å². The molecule has 7 aromatic rings. The van der Waals surface area contributed by atoms with Crippen LogP contribution in [0.2, 0.25) is 0 Å². The summed E-state index contributed by atoms with van der Waals surface area (Å²) in [5.74, 6) is 0.561. The highest BCUT2D eigenvalue weighted by atomic mass is 32.1. The van der Waals surface area contributed by atoms with Crippen LogP contribution in [-0.2, 0) is 22.4 Å². The van der Waals surface area contributed by atoms with E-state index in [1.807, 2.05) is 49.7 Å². The second kappa shape index (κ2) is 22.9. The smallest absolute Gasteiger partial charge is 0.319 e. The van der Waals surface area contributed by atoms with Crippen molar-refractivity contribution in [2.24, 2.45) is 5.41 Å². The van der Waals surface area contributed by atoms with Gasteiger partial charge >= 0.3 is 6.01 Å². The predicted octanol–water partition coefficient (Wildman–Crippen LogP) is 10.1. The van der Waals surface area contributed by atoms with Gasteiger partial charge in [-0.2, -0.15) is 9.97 Å². The predicted molar refractivity (Wildman–Crippen MR) is 300 cm³/mol. The van der Waals surface area contributed by atoms with E-state index in [1.165, 1.54) is 6.42 Å². The van der Waals surface area contributed by atoms with Crippen molar-refractivity contribution < 1.29 is 33.1 Å². The number of amides is 2. The van der Waals surface area contributed by atoms with Crippen LogP contribution in [0.25, 0.3) is 43.4 Å². The first-order valence-electron chi connectivity index (χ1n) is 28.1. The molecule has 4 saturated heterocycles. The molecule has 4 unspecified atom stereocenters. The monoisotopic (exact) mass is 1080 g/mol. The number of fused-ring (bicyclic) bond motifs is 4. The van der Waals surface area contributed by atoms with Crippen molar-refractivity contribution in [3.63, 3.8) is 0 Å². The van der Waals surface area contributed by atoms with E-state index in [0.29, 0.717) is 66.6 Å². The Morgan fingerprint density at radius 3 is 2.49 bits per heavy atom. The molecule has 16 nitrogen and oxygen atoms in total. The summed E-state index contributed by atoms with van der Waals surface area (Å²) < 4.78 is 35.3. The number of nitrogens with zero attached hydrogens (tertiary/aromatic N) is 8. The van der Waals surface area contributed by atoms with Gasteiger partial charge < -0.3 is 39.5 Å². The first-order valence-corrected chi connectivity index (χ1v) is 29.0. The molecule has 1 spiro atoms. The minimum Gasteiger partial charge on any atom is -0.508 e. The molecular formula is C60H71FN10O6S. The average Bonchev–Trinajstić information content (AvgIpc) is 4.36. The lowest BCUT2D eigenvalue weighted by atomic mass is 9.61. The van der Waals surface area contributed by atoms with Crippen molar-refractivity contribution in [2.45, 2.75) is 136 Å². The lowest BCUT2D eigenvalue weighted by molar-refractivity contribution is -0.138. The van der Waals surface area contributed by atoms with Crippen molar-refractivity contribution in [1.82, 2.24) is 45.5 Å². The number of carbonyl (C=O) groups is 2. The van der Waals surface area contributed by atoms with Crippen LogP contribution >= 0.6 is 11.3 Å². The number of benzene rings is 3. The molecule has 0 radical (unpaired) electrons. The number of nitrogens with one attached hydrogen (secondary N) is 2. The van der Waals surface area contributed by atoms with Crippen LogP contribution in [0.3, 0.4) is 0 Å². The number of carbonyl (C=O) groups excluding carboxylic acids is 2. The number of hydrogen-bond acceptors (Lipinski definition) is 15. The van der Waals surface area contributed by atoms with E-state index in [4.69, 9.17) is 28.9 Å². The van der Waals surface area contributed by atoms with Gasteiger partial charge in [-0.25, -0.2) is 9.37 Å². The van der Waals surface area contributed by atoms with Gasteiger partial charge in [0.1, 0.15) is 47.3 Å². The number of hydrogen-bond donors (Lipinski definition) is 3. The Morgan fingerprint density at radius 1 is 0.987 bits per heavy atom. The fraction of sp³-hybridized carbons (Fsp3) is 0.483. The number of phenolic OH excluding ortho intramolecular Hbond substituents is 1. The van der Waals surface area contributed by atoms with E-state index >= 15 is 4.39 Å². The lowest BCUT2D eigenvalue weighted by Crippen LogP contribution is -2.51. The van der Waals surface area contributed by atoms with Gasteiger partial charge in [0.25, 0.3) is 5.88 Å². The van der Waals surface area contributed by atoms with E-state index in [1.54, 1.807) is 40.6 Å². The van der Waals surface area contributed by atoms with Gasteiger partial charge in [0.2, 0.25) is 11.8 Å². The van der Waals surface area contributed by atoms with Crippen LogP contribution in [-0.4, -0.2) is 122 Å². The molecule has 4 atom stereocenters. The zero-order valence-electron chi connectivity index (χ0n) is 45.4. The Balaban J connectivity index is 0.00000210. The van der Waals surface area contributed by atoms with Gasteiger partial charge in [-0.05, 0) is 135 Å². The van der Waals surface area contributed by atoms with E-state index in [0.717, 1.165) is 116 Å². The summed E-state index contributed by atoms with van der Waals surface area (Å²) in [7, 11) is 0. The summed E-state index contributed by atoms with van der Waals surface area (Å²) in [6.45, 7) is 15.1. The van der Waals surface area contributed by atoms with Crippen LogP contribution in [0.15, 0.2) is 76.9 Å². The fourth-order valence-electron chi connectivity index (χ4n) is 12.5. The van der Waals surface area contributed by atoms with Gasteiger partial charge in [0.05, 0.1) is 33.9 Å². The number of ether oxygens (including phenoxy) is 2. The largest absolute Gasteiger partial charge is 0.508 e. The van der Waals surface area contributed by atoms with Gasteiger partial charge in [0, 0.05) is 56.1 Å². The third kappa shape index (κ3) is 11.1. The first-order chi connectivity index (χ1) is 37.9. The van der Waals surface area contributed by atoms with Crippen LogP contribution in [0, 0.1) is 18.2 Å². The van der Waals surface area contributed by atoms with Crippen molar-refractivity contribution in [3.05, 3.63) is 101 Å². The summed E-state index contributed by atoms with van der Waals surface area (Å²) in [6.07, 6.45) is 11.1. The highest BCUT2D eigenvalue weighted by Crippen LogP contribution is 2.50. The number of aryl methyl sites for hydroxylation is 2. The maximum absolute atomic E-state index is 17.1. The number of thiazole rings is 1. The number of piperidine rings is 1. The number of phenols is 1. The Labute approximate surface area is 459 Å². The molecule has 1 aliphatic carbocycles. The second-order valence-electron chi connectivity index (χ2n) is 22.1. The minimum atomic E-state index is -0.569. The summed E-state index contributed by atoms with van der Waals surface area (Å²) in [5.41, 5.74) is 6.97. The van der Waals surface area contributed by atoms with Crippen LogP contribution in [0.5, 0.6) is 17.6 Å². The average molecular weight is 1080 g/mol. The van der Waals surface area contributed by atoms with Gasteiger partial charge in [0.15, 0.2) is 5.82 Å². The van der Waals surface area contributed by atoms with Crippen LogP contribution in [0.4, 0.5) is 10.2 Å². The van der Waals surface area contributed by atoms with Gasteiger partial charge in [-0.15, -0.1) is 11.3 Å². The number of pyridine rings is 1. The third-order valence-electron chi connectivity index (χ3n) is 16.5. The first kappa shape index (κ1) is 53.3. The normalized spacial score (nSPS) is 20.4. The SMILES string of the molecule is CCC.CCc1cccc2cc(O)cc(-c3ncc4c(N5CC6CCC(C5)N6)nc(OCCN5CCC6(CC5)CC(Oc5cc(CC(=O)N7CCCC7C(=O)NC(C)c7ccc(-c8scnc8C)cc7)on5)C6)nc4c3F)c12. The van der Waals surface area contributed by atoms with Crippen molar-refractivity contribution in [1.29, 1.82) is 0 Å². The van der Waals surface area contributed by atoms with Gasteiger partial charge in [-0.1, -0.05) is 69.7 Å².